The van der Waals surface area contributed by atoms with Gasteiger partial charge in [0.25, 0.3) is 0 Å². The van der Waals surface area contributed by atoms with Crippen molar-refractivity contribution in [3.8, 4) is 5.69 Å². The molecule has 0 atom stereocenters. The van der Waals surface area contributed by atoms with Gasteiger partial charge in [0.05, 0.1) is 18.6 Å². The molecule has 1 aromatic carbocycles. The maximum atomic E-state index is 12.1. The number of benzene rings is 1. The van der Waals surface area contributed by atoms with Crippen LogP contribution < -0.4 is 5.32 Å². The fourth-order valence-corrected chi connectivity index (χ4v) is 3.11. The van der Waals surface area contributed by atoms with Crippen molar-refractivity contribution in [3.05, 3.63) is 42.5 Å². The van der Waals surface area contributed by atoms with Crippen molar-refractivity contribution in [3.63, 3.8) is 0 Å². The quantitative estimate of drug-likeness (QED) is 0.884. The van der Waals surface area contributed by atoms with E-state index >= 15 is 0 Å². The molecule has 23 heavy (non-hydrogen) atoms. The third kappa shape index (κ3) is 3.96. The van der Waals surface area contributed by atoms with Crippen LogP contribution in [0.4, 0.5) is 0 Å². The Bertz CT molecular complexity index is 648. The monoisotopic (exact) mass is 314 g/mol. The van der Waals surface area contributed by atoms with E-state index in [1.54, 1.807) is 6.33 Å². The van der Waals surface area contributed by atoms with Crippen LogP contribution in [0.2, 0.25) is 0 Å². The van der Waals surface area contributed by atoms with E-state index in [1.165, 1.54) is 0 Å². The summed E-state index contributed by atoms with van der Waals surface area (Å²) in [6.45, 7) is 0.295. The molecule has 3 rings (SSSR count). The van der Waals surface area contributed by atoms with Gasteiger partial charge in [-0.3, -0.25) is 9.36 Å². The van der Waals surface area contributed by atoms with Crippen LogP contribution in [0, 0.1) is 0 Å². The summed E-state index contributed by atoms with van der Waals surface area (Å²) in [5.41, 5.74) is 0.114. The number of carbonyl (C=O) groups is 1. The second-order valence-corrected chi connectivity index (χ2v) is 6.19. The van der Waals surface area contributed by atoms with Gasteiger partial charge < -0.3 is 10.4 Å². The molecule has 0 unspecified atom stereocenters. The van der Waals surface area contributed by atoms with Crippen LogP contribution >= 0.6 is 0 Å². The molecule has 0 spiro atoms. The lowest BCUT2D eigenvalue weighted by Gasteiger charge is -2.31. The Morgan fingerprint density at radius 1 is 1.22 bits per heavy atom. The molecule has 1 saturated carbocycles. The SMILES string of the molecule is O=C(CC1(O)CCCCC1)NCc1nncn1-c1ccccc1. The lowest BCUT2D eigenvalue weighted by Crippen LogP contribution is -2.38. The first-order chi connectivity index (χ1) is 11.2. The zero-order valence-electron chi connectivity index (χ0n) is 13.1. The van der Waals surface area contributed by atoms with Crippen molar-refractivity contribution in [2.45, 2.75) is 50.7 Å². The summed E-state index contributed by atoms with van der Waals surface area (Å²) in [7, 11) is 0. The number of rotatable bonds is 5. The molecule has 6 nitrogen and oxygen atoms in total. The molecule has 1 heterocycles. The van der Waals surface area contributed by atoms with Crippen molar-refractivity contribution >= 4 is 5.91 Å². The van der Waals surface area contributed by atoms with E-state index in [2.05, 4.69) is 15.5 Å². The maximum absolute atomic E-state index is 12.1. The topological polar surface area (TPSA) is 80.0 Å². The Kier molecular flexibility index (Phi) is 4.71. The second-order valence-electron chi connectivity index (χ2n) is 6.19. The summed E-state index contributed by atoms with van der Waals surface area (Å²) >= 11 is 0. The first kappa shape index (κ1) is 15.7. The molecule has 1 amide bonds. The van der Waals surface area contributed by atoms with Crippen molar-refractivity contribution in [1.82, 2.24) is 20.1 Å². The van der Waals surface area contributed by atoms with Crippen molar-refractivity contribution in [2.75, 3.05) is 0 Å². The van der Waals surface area contributed by atoms with Crippen molar-refractivity contribution < 1.29 is 9.90 Å². The predicted octanol–water partition coefficient (Wildman–Crippen LogP) is 1.97. The molecular formula is C17H22N4O2. The molecule has 122 valence electrons. The van der Waals surface area contributed by atoms with Gasteiger partial charge in [-0.2, -0.15) is 0 Å². The summed E-state index contributed by atoms with van der Waals surface area (Å²) in [4.78, 5) is 12.1. The van der Waals surface area contributed by atoms with Gasteiger partial charge in [0.15, 0.2) is 5.82 Å². The highest BCUT2D eigenvalue weighted by molar-refractivity contribution is 5.76. The summed E-state index contributed by atoms with van der Waals surface area (Å²) in [5.74, 6) is 0.525. The minimum atomic E-state index is -0.838. The molecule has 1 aliphatic rings. The molecule has 0 radical (unpaired) electrons. The number of aromatic nitrogens is 3. The first-order valence-electron chi connectivity index (χ1n) is 8.10. The molecule has 0 bridgehead atoms. The standard InChI is InChI=1S/C17H22N4O2/c22-16(11-17(23)9-5-2-6-10-17)18-12-15-20-19-13-21(15)14-7-3-1-4-8-14/h1,3-4,7-8,13,23H,2,5-6,9-12H2,(H,18,22). The van der Waals surface area contributed by atoms with Gasteiger partial charge in [-0.05, 0) is 25.0 Å². The number of aliphatic hydroxyl groups is 1. The van der Waals surface area contributed by atoms with Gasteiger partial charge in [0.2, 0.25) is 5.91 Å². The summed E-state index contributed by atoms with van der Waals surface area (Å²) in [5, 5.41) is 21.3. The fourth-order valence-electron chi connectivity index (χ4n) is 3.11. The molecule has 6 heteroatoms. The average Bonchev–Trinajstić information content (AvgIpc) is 3.02. The molecule has 2 aromatic rings. The number of hydrogen-bond donors (Lipinski definition) is 2. The fraction of sp³-hybridized carbons (Fsp3) is 0.471. The number of nitrogens with one attached hydrogen (secondary N) is 1. The molecule has 1 aromatic heterocycles. The summed E-state index contributed by atoms with van der Waals surface area (Å²) in [6, 6.07) is 9.74. The van der Waals surface area contributed by atoms with Crippen molar-refractivity contribution in [1.29, 1.82) is 0 Å². The van der Waals surface area contributed by atoms with Crippen LogP contribution in [0.5, 0.6) is 0 Å². The van der Waals surface area contributed by atoms with Gasteiger partial charge in [-0.25, -0.2) is 0 Å². The summed E-state index contributed by atoms with van der Waals surface area (Å²) < 4.78 is 1.84. The molecule has 0 saturated heterocycles. The van der Waals surface area contributed by atoms with Crippen LogP contribution in [0.1, 0.15) is 44.3 Å². The number of nitrogens with zero attached hydrogens (tertiary/aromatic N) is 3. The Morgan fingerprint density at radius 2 is 1.96 bits per heavy atom. The van der Waals surface area contributed by atoms with Crippen LogP contribution in [0.25, 0.3) is 5.69 Å². The number of amides is 1. The minimum absolute atomic E-state index is 0.142. The van der Waals surface area contributed by atoms with E-state index in [0.717, 1.165) is 24.9 Å². The molecule has 1 fully saturated rings. The van der Waals surface area contributed by atoms with E-state index < -0.39 is 5.60 Å². The van der Waals surface area contributed by atoms with Gasteiger partial charge in [-0.15, -0.1) is 10.2 Å². The lowest BCUT2D eigenvalue weighted by molar-refractivity contribution is -0.127. The van der Waals surface area contributed by atoms with Crippen LogP contribution in [0.3, 0.4) is 0 Å². The molecule has 1 aliphatic carbocycles. The highest BCUT2D eigenvalue weighted by Gasteiger charge is 2.31. The second kappa shape index (κ2) is 6.91. The Hall–Kier alpha value is -2.21. The van der Waals surface area contributed by atoms with Crippen molar-refractivity contribution in [2.24, 2.45) is 0 Å². The number of carbonyl (C=O) groups excluding carboxylic acids is 1. The largest absolute Gasteiger partial charge is 0.389 e. The summed E-state index contributed by atoms with van der Waals surface area (Å²) in [6.07, 6.45) is 6.33. The van der Waals surface area contributed by atoms with Crippen LogP contribution in [-0.2, 0) is 11.3 Å². The van der Waals surface area contributed by atoms with Gasteiger partial charge in [0, 0.05) is 5.69 Å². The predicted molar refractivity (Wildman–Crippen MR) is 85.9 cm³/mol. The van der Waals surface area contributed by atoms with E-state index in [-0.39, 0.29) is 12.3 Å². The highest BCUT2D eigenvalue weighted by Crippen LogP contribution is 2.30. The Labute approximate surface area is 135 Å². The van der Waals surface area contributed by atoms with E-state index in [0.29, 0.717) is 25.2 Å². The minimum Gasteiger partial charge on any atom is -0.389 e. The Balaban J connectivity index is 1.59. The lowest BCUT2D eigenvalue weighted by atomic mass is 9.82. The number of hydrogen-bond acceptors (Lipinski definition) is 4. The smallest absolute Gasteiger partial charge is 0.223 e. The first-order valence-corrected chi connectivity index (χ1v) is 8.10. The average molecular weight is 314 g/mol. The third-order valence-corrected chi connectivity index (χ3v) is 4.37. The molecule has 2 N–H and O–H groups in total. The van der Waals surface area contributed by atoms with Gasteiger partial charge in [-0.1, -0.05) is 37.5 Å². The third-order valence-electron chi connectivity index (χ3n) is 4.37. The zero-order valence-corrected chi connectivity index (χ0v) is 13.1. The van der Waals surface area contributed by atoms with Gasteiger partial charge >= 0.3 is 0 Å². The van der Waals surface area contributed by atoms with Crippen LogP contribution in [-0.4, -0.2) is 31.4 Å². The molecule has 0 aliphatic heterocycles. The molecular weight excluding hydrogens is 292 g/mol. The van der Waals surface area contributed by atoms with Crippen LogP contribution in [0.15, 0.2) is 36.7 Å². The van der Waals surface area contributed by atoms with E-state index in [4.69, 9.17) is 0 Å². The Morgan fingerprint density at radius 3 is 2.70 bits per heavy atom. The van der Waals surface area contributed by atoms with E-state index in [9.17, 15) is 9.90 Å². The normalized spacial score (nSPS) is 16.9. The number of para-hydroxylation sites is 1. The zero-order chi connectivity index (χ0) is 16.1. The highest BCUT2D eigenvalue weighted by atomic mass is 16.3. The van der Waals surface area contributed by atoms with Gasteiger partial charge in [0.1, 0.15) is 6.33 Å². The maximum Gasteiger partial charge on any atom is 0.223 e. The van der Waals surface area contributed by atoms with E-state index in [1.807, 2.05) is 34.9 Å².